The van der Waals surface area contributed by atoms with Crippen LogP contribution in [0.4, 0.5) is 0 Å². The summed E-state index contributed by atoms with van der Waals surface area (Å²) in [4.78, 5) is 0. The van der Waals surface area contributed by atoms with E-state index in [1.54, 1.807) is 0 Å². The maximum Gasteiger partial charge on any atom is 0.0671 e. The Kier molecular flexibility index (Phi) is 3.22. The van der Waals surface area contributed by atoms with Gasteiger partial charge in [-0.3, -0.25) is 0 Å². The summed E-state index contributed by atoms with van der Waals surface area (Å²) in [6.45, 7) is 7.37. The summed E-state index contributed by atoms with van der Waals surface area (Å²) in [6.07, 6.45) is 2.44. The van der Waals surface area contributed by atoms with Crippen LogP contribution in [0.2, 0.25) is 0 Å². The highest BCUT2D eigenvalue weighted by Gasteiger charge is 2.21. The molecule has 0 aliphatic heterocycles. The highest BCUT2D eigenvalue weighted by Crippen LogP contribution is 2.32. The van der Waals surface area contributed by atoms with Crippen LogP contribution < -0.4 is 0 Å². The summed E-state index contributed by atoms with van der Waals surface area (Å²) >= 11 is 0. The predicted octanol–water partition coefficient (Wildman–Crippen LogP) is 3.31. The van der Waals surface area contributed by atoms with E-state index in [2.05, 4.69) is 30.8 Å². The summed E-state index contributed by atoms with van der Waals surface area (Å²) in [5.41, 5.74) is 4.09. The largest absolute Gasteiger partial charge is 0.377 e. The van der Waals surface area contributed by atoms with Gasteiger partial charge in [-0.05, 0) is 30.9 Å². The molecule has 1 nitrogen and oxygen atoms in total. The van der Waals surface area contributed by atoms with E-state index in [0.29, 0.717) is 12.5 Å². The fourth-order valence-corrected chi connectivity index (χ4v) is 2.19. The minimum atomic E-state index is 0.598. The van der Waals surface area contributed by atoms with E-state index in [1.165, 1.54) is 24.0 Å². The van der Waals surface area contributed by atoms with Crippen molar-refractivity contribution in [2.75, 3.05) is 13.2 Å². The molecule has 1 aliphatic rings. The van der Waals surface area contributed by atoms with Gasteiger partial charge in [-0.2, -0.15) is 0 Å². The Bertz CT molecular complexity index is 354. The third kappa shape index (κ3) is 2.48. The molecule has 0 saturated heterocycles. The first-order chi connectivity index (χ1) is 7.27. The molecule has 0 aromatic heterocycles. The van der Waals surface area contributed by atoms with Crippen LogP contribution in [0.5, 0.6) is 0 Å². The van der Waals surface area contributed by atoms with Crippen LogP contribution in [0.3, 0.4) is 0 Å². The number of fused-ring (bicyclic) bond motifs is 1. The number of hydrogen-bond donors (Lipinski definition) is 0. The molecular weight excluding hydrogens is 184 g/mol. The molecular formula is C14H18O. The molecule has 2 rings (SSSR count). The molecule has 0 bridgehead atoms. The average Bonchev–Trinajstić information content (AvgIpc) is 2.62. The van der Waals surface area contributed by atoms with Crippen molar-refractivity contribution in [2.24, 2.45) is 0 Å². The van der Waals surface area contributed by atoms with E-state index < -0.39 is 0 Å². The van der Waals surface area contributed by atoms with Gasteiger partial charge in [0.25, 0.3) is 0 Å². The van der Waals surface area contributed by atoms with E-state index in [-0.39, 0.29) is 0 Å². The Morgan fingerprint density at radius 3 is 3.07 bits per heavy atom. The lowest BCUT2D eigenvalue weighted by atomic mass is 10.0. The third-order valence-corrected chi connectivity index (χ3v) is 2.92. The zero-order valence-electron chi connectivity index (χ0n) is 9.33. The van der Waals surface area contributed by atoms with Crippen LogP contribution in [-0.2, 0) is 11.2 Å². The molecule has 1 aliphatic carbocycles. The molecule has 1 atom stereocenters. The van der Waals surface area contributed by atoms with Crippen LogP contribution in [0, 0.1) is 0 Å². The van der Waals surface area contributed by atoms with Crippen molar-refractivity contribution in [3.8, 4) is 0 Å². The van der Waals surface area contributed by atoms with Crippen molar-refractivity contribution in [1.82, 2.24) is 0 Å². The van der Waals surface area contributed by atoms with Crippen LogP contribution in [0.15, 0.2) is 36.4 Å². The second kappa shape index (κ2) is 4.63. The maximum atomic E-state index is 5.64. The van der Waals surface area contributed by atoms with Gasteiger partial charge in [0.2, 0.25) is 0 Å². The Labute approximate surface area is 91.8 Å². The molecule has 0 fully saturated rings. The molecule has 0 radical (unpaired) electrons. The predicted molar refractivity (Wildman–Crippen MR) is 63.1 cm³/mol. The lowest BCUT2D eigenvalue weighted by molar-refractivity contribution is 0.140. The summed E-state index contributed by atoms with van der Waals surface area (Å²) in [5, 5.41) is 0. The molecule has 15 heavy (non-hydrogen) atoms. The fourth-order valence-electron chi connectivity index (χ4n) is 2.19. The maximum absolute atomic E-state index is 5.64. The molecule has 0 heterocycles. The third-order valence-electron chi connectivity index (χ3n) is 2.92. The number of aryl methyl sites for hydroxylation is 1. The van der Waals surface area contributed by atoms with Gasteiger partial charge in [-0.15, -0.1) is 0 Å². The van der Waals surface area contributed by atoms with Crippen LogP contribution in [0.25, 0.3) is 0 Å². The Morgan fingerprint density at radius 2 is 2.27 bits per heavy atom. The van der Waals surface area contributed by atoms with E-state index in [4.69, 9.17) is 4.74 Å². The number of ether oxygens (including phenoxy) is 1. The van der Waals surface area contributed by atoms with Gasteiger partial charge in [0.05, 0.1) is 13.2 Å². The second-order valence-electron chi connectivity index (χ2n) is 4.41. The molecule has 1 unspecified atom stereocenters. The molecule has 0 saturated carbocycles. The highest BCUT2D eigenvalue weighted by molar-refractivity contribution is 5.34. The Morgan fingerprint density at radius 1 is 1.47 bits per heavy atom. The van der Waals surface area contributed by atoms with Crippen molar-refractivity contribution in [1.29, 1.82) is 0 Å². The molecule has 1 aromatic carbocycles. The first-order valence-electron chi connectivity index (χ1n) is 5.57. The van der Waals surface area contributed by atoms with Gasteiger partial charge >= 0.3 is 0 Å². The fraction of sp³-hybridized carbons (Fsp3) is 0.429. The van der Waals surface area contributed by atoms with Gasteiger partial charge in [0.15, 0.2) is 0 Å². The standard InChI is InChI=1S/C14H18O/c1-11(2)9-15-10-13-8-7-12-5-3-4-6-14(12)13/h3-6,13H,1,7-10H2,2H3. The SMILES string of the molecule is C=C(C)COCC1CCc2ccccc21. The van der Waals surface area contributed by atoms with Crippen molar-refractivity contribution >= 4 is 0 Å². The normalized spacial score (nSPS) is 18.9. The quantitative estimate of drug-likeness (QED) is 0.681. The number of rotatable bonds is 4. The van der Waals surface area contributed by atoms with Crippen LogP contribution in [0.1, 0.15) is 30.4 Å². The Hall–Kier alpha value is -1.08. The summed E-state index contributed by atoms with van der Waals surface area (Å²) < 4.78 is 5.64. The first kappa shape index (κ1) is 10.4. The van der Waals surface area contributed by atoms with Gasteiger partial charge in [0, 0.05) is 5.92 Å². The number of hydrogen-bond acceptors (Lipinski definition) is 1. The lowest BCUT2D eigenvalue weighted by Crippen LogP contribution is -2.06. The Balaban J connectivity index is 1.93. The minimum Gasteiger partial charge on any atom is -0.377 e. The topological polar surface area (TPSA) is 9.23 Å². The zero-order valence-corrected chi connectivity index (χ0v) is 9.33. The van der Waals surface area contributed by atoms with Gasteiger partial charge < -0.3 is 4.74 Å². The van der Waals surface area contributed by atoms with Gasteiger partial charge in [-0.1, -0.05) is 36.4 Å². The molecule has 0 spiro atoms. The zero-order chi connectivity index (χ0) is 10.7. The summed E-state index contributed by atoms with van der Waals surface area (Å²) in [7, 11) is 0. The first-order valence-corrected chi connectivity index (χ1v) is 5.57. The smallest absolute Gasteiger partial charge is 0.0671 e. The molecule has 80 valence electrons. The van der Waals surface area contributed by atoms with E-state index in [9.17, 15) is 0 Å². The number of benzene rings is 1. The van der Waals surface area contributed by atoms with E-state index in [1.807, 2.05) is 6.92 Å². The van der Waals surface area contributed by atoms with Crippen molar-refractivity contribution in [3.05, 3.63) is 47.5 Å². The average molecular weight is 202 g/mol. The van der Waals surface area contributed by atoms with Crippen molar-refractivity contribution in [3.63, 3.8) is 0 Å². The van der Waals surface area contributed by atoms with Crippen molar-refractivity contribution < 1.29 is 4.74 Å². The van der Waals surface area contributed by atoms with Crippen molar-refractivity contribution in [2.45, 2.75) is 25.7 Å². The monoisotopic (exact) mass is 202 g/mol. The summed E-state index contributed by atoms with van der Waals surface area (Å²) in [6, 6.07) is 8.71. The van der Waals surface area contributed by atoms with Crippen LogP contribution >= 0.6 is 0 Å². The van der Waals surface area contributed by atoms with Gasteiger partial charge in [-0.25, -0.2) is 0 Å². The summed E-state index contributed by atoms with van der Waals surface area (Å²) in [5.74, 6) is 0.598. The molecule has 1 aromatic rings. The lowest BCUT2D eigenvalue weighted by Gasteiger charge is -2.11. The second-order valence-corrected chi connectivity index (χ2v) is 4.41. The molecule has 0 amide bonds. The molecule has 0 N–H and O–H groups in total. The minimum absolute atomic E-state index is 0.598. The van der Waals surface area contributed by atoms with E-state index >= 15 is 0 Å². The van der Waals surface area contributed by atoms with Gasteiger partial charge in [0.1, 0.15) is 0 Å². The molecule has 1 heteroatoms. The van der Waals surface area contributed by atoms with Crippen LogP contribution in [-0.4, -0.2) is 13.2 Å². The highest BCUT2D eigenvalue weighted by atomic mass is 16.5. The van der Waals surface area contributed by atoms with E-state index in [0.717, 1.165) is 12.2 Å².